The third-order valence-electron chi connectivity index (χ3n) is 2.56. The number of rotatable bonds is 6. The number of anilines is 1. The van der Waals surface area contributed by atoms with Crippen LogP contribution in [0.1, 0.15) is 12.0 Å². The fourth-order valence-electron chi connectivity index (χ4n) is 1.69. The van der Waals surface area contributed by atoms with Crippen molar-refractivity contribution in [2.75, 3.05) is 12.4 Å². The highest BCUT2D eigenvalue weighted by molar-refractivity contribution is 5.90. The van der Waals surface area contributed by atoms with Crippen LogP contribution in [0.15, 0.2) is 36.9 Å². The fraction of sp³-hybridized carbons (Fsp3) is 0.308. The zero-order valence-electron chi connectivity index (χ0n) is 10.7. The zero-order valence-corrected chi connectivity index (χ0v) is 10.7. The highest BCUT2D eigenvalue weighted by atomic mass is 16.5. The Bertz CT molecular complexity index is 525. The number of aryl methyl sites for hydroxylation is 1. The van der Waals surface area contributed by atoms with E-state index < -0.39 is 0 Å². The molecule has 100 valence electrons. The molecule has 0 atom stereocenters. The van der Waals surface area contributed by atoms with Crippen LogP contribution in [0, 0.1) is 0 Å². The first-order chi connectivity index (χ1) is 9.28. The lowest BCUT2D eigenvalue weighted by Gasteiger charge is -2.07. The average Bonchev–Trinajstić information content (AvgIpc) is 2.90. The van der Waals surface area contributed by atoms with E-state index >= 15 is 0 Å². The lowest BCUT2D eigenvalue weighted by molar-refractivity contribution is -0.116. The van der Waals surface area contributed by atoms with Crippen molar-refractivity contribution in [1.82, 2.24) is 14.8 Å². The molecule has 0 radical (unpaired) electrons. The summed E-state index contributed by atoms with van der Waals surface area (Å²) in [5.74, 6) is -0.0509. The van der Waals surface area contributed by atoms with E-state index in [1.165, 1.54) is 6.33 Å². The molecule has 1 amide bonds. The summed E-state index contributed by atoms with van der Waals surface area (Å²) < 4.78 is 6.68. The minimum Gasteiger partial charge on any atom is -0.380 e. The van der Waals surface area contributed by atoms with Gasteiger partial charge in [-0.3, -0.25) is 9.48 Å². The molecule has 0 unspecified atom stereocenters. The summed E-state index contributed by atoms with van der Waals surface area (Å²) in [5.41, 5.74) is 1.80. The van der Waals surface area contributed by atoms with E-state index in [4.69, 9.17) is 4.74 Å². The number of amides is 1. The number of benzene rings is 1. The predicted octanol–water partition coefficient (Wildman–Crippen LogP) is 1.45. The van der Waals surface area contributed by atoms with Gasteiger partial charge in [-0.15, -0.1) is 0 Å². The van der Waals surface area contributed by atoms with Crippen molar-refractivity contribution in [3.05, 3.63) is 42.5 Å². The molecule has 1 aromatic carbocycles. The highest BCUT2D eigenvalue weighted by Crippen LogP contribution is 2.11. The van der Waals surface area contributed by atoms with Crippen molar-refractivity contribution in [3.8, 4) is 0 Å². The van der Waals surface area contributed by atoms with Crippen molar-refractivity contribution in [3.63, 3.8) is 0 Å². The van der Waals surface area contributed by atoms with Crippen molar-refractivity contribution in [2.45, 2.75) is 19.6 Å². The molecule has 0 fully saturated rings. The second kappa shape index (κ2) is 6.65. The molecule has 0 spiro atoms. The fourth-order valence-corrected chi connectivity index (χ4v) is 1.69. The maximum Gasteiger partial charge on any atom is 0.226 e. The maximum absolute atomic E-state index is 11.8. The molecule has 0 aliphatic rings. The van der Waals surface area contributed by atoms with Gasteiger partial charge < -0.3 is 10.1 Å². The average molecular weight is 260 g/mol. The molecule has 2 rings (SSSR count). The van der Waals surface area contributed by atoms with Crippen LogP contribution in [0.5, 0.6) is 0 Å². The zero-order chi connectivity index (χ0) is 13.5. The van der Waals surface area contributed by atoms with Crippen LogP contribution in [0.3, 0.4) is 0 Å². The SMILES string of the molecule is COCc1cccc(NC(=O)CCn2cncn2)c1. The number of hydrogen-bond donors (Lipinski definition) is 1. The van der Waals surface area contributed by atoms with Crippen LogP contribution < -0.4 is 5.32 Å². The van der Waals surface area contributed by atoms with Gasteiger partial charge in [-0.1, -0.05) is 12.1 Å². The molecular formula is C13H16N4O2. The molecule has 1 heterocycles. The Morgan fingerprint density at radius 2 is 2.37 bits per heavy atom. The van der Waals surface area contributed by atoms with Crippen LogP contribution in [-0.4, -0.2) is 27.8 Å². The Labute approximate surface area is 111 Å². The molecule has 0 saturated heterocycles. The second-order valence-electron chi connectivity index (χ2n) is 4.09. The first-order valence-electron chi connectivity index (χ1n) is 5.98. The van der Waals surface area contributed by atoms with Gasteiger partial charge in [-0.2, -0.15) is 5.10 Å². The molecule has 1 N–H and O–H groups in total. The molecule has 2 aromatic rings. The highest BCUT2D eigenvalue weighted by Gasteiger charge is 2.04. The number of methoxy groups -OCH3 is 1. The first-order valence-corrected chi connectivity index (χ1v) is 5.98. The number of hydrogen-bond acceptors (Lipinski definition) is 4. The van der Waals surface area contributed by atoms with E-state index in [0.717, 1.165) is 11.3 Å². The topological polar surface area (TPSA) is 69.0 Å². The summed E-state index contributed by atoms with van der Waals surface area (Å²) >= 11 is 0. The van der Waals surface area contributed by atoms with Crippen molar-refractivity contribution < 1.29 is 9.53 Å². The number of ether oxygens (including phenoxy) is 1. The van der Waals surface area contributed by atoms with Gasteiger partial charge in [0.1, 0.15) is 12.7 Å². The van der Waals surface area contributed by atoms with Crippen molar-refractivity contribution in [1.29, 1.82) is 0 Å². The number of carbonyl (C=O) groups excluding carboxylic acids is 1. The van der Waals surface area contributed by atoms with Crippen molar-refractivity contribution in [2.24, 2.45) is 0 Å². The first kappa shape index (κ1) is 13.2. The van der Waals surface area contributed by atoms with E-state index in [-0.39, 0.29) is 5.91 Å². The van der Waals surface area contributed by atoms with Crippen LogP contribution in [0.25, 0.3) is 0 Å². The van der Waals surface area contributed by atoms with Crippen LogP contribution in [0.2, 0.25) is 0 Å². The smallest absolute Gasteiger partial charge is 0.226 e. The Balaban J connectivity index is 1.86. The summed E-state index contributed by atoms with van der Waals surface area (Å²) in [6.07, 6.45) is 3.40. The van der Waals surface area contributed by atoms with Crippen LogP contribution in [-0.2, 0) is 22.7 Å². The standard InChI is InChI=1S/C13H16N4O2/c1-19-8-11-3-2-4-12(7-11)16-13(18)5-6-17-10-14-9-15-17/h2-4,7,9-10H,5-6,8H2,1H3,(H,16,18). The largest absolute Gasteiger partial charge is 0.380 e. The molecule has 0 aliphatic heterocycles. The molecule has 6 heteroatoms. The molecule has 6 nitrogen and oxygen atoms in total. The van der Waals surface area contributed by atoms with Gasteiger partial charge in [0.05, 0.1) is 13.2 Å². The Morgan fingerprint density at radius 3 is 3.11 bits per heavy atom. The third-order valence-corrected chi connectivity index (χ3v) is 2.56. The van der Waals surface area contributed by atoms with Gasteiger partial charge in [0.25, 0.3) is 0 Å². The van der Waals surface area contributed by atoms with Gasteiger partial charge >= 0.3 is 0 Å². The van der Waals surface area contributed by atoms with Crippen LogP contribution in [0.4, 0.5) is 5.69 Å². The van der Waals surface area contributed by atoms with E-state index in [1.807, 2.05) is 24.3 Å². The van der Waals surface area contributed by atoms with E-state index in [2.05, 4.69) is 15.4 Å². The van der Waals surface area contributed by atoms with Gasteiger partial charge in [-0.05, 0) is 17.7 Å². The molecular weight excluding hydrogens is 244 g/mol. The Kier molecular flexibility index (Phi) is 4.63. The monoisotopic (exact) mass is 260 g/mol. The number of nitrogens with one attached hydrogen (secondary N) is 1. The molecule has 1 aromatic heterocycles. The Hall–Kier alpha value is -2.21. The quantitative estimate of drug-likeness (QED) is 0.853. The summed E-state index contributed by atoms with van der Waals surface area (Å²) in [6.45, 7) is 1.05. The minimum absolute atomic E-state index is 0.0509. The number of nitrogens with zero attached hydrogens (tertiary/aromatic N) is 3. The summed E-state index contributed by atoms with van der Waals surface area (Å²) in [4.78, 5) is 15.6. The summed E-state index contributed by atoms with van der Waals surface area (Å²) in [5, 5.41) is 6.79. The van der Waals surface area contributed by atoms with Gasteiger partial charge in [-0.25, -0.2) is 4.98 Å². The molecule has 0 bridgehead atoms. The van der Waals surface area contributed by atoms with E-state index in [9.17, 15) is 4.79 Å². The predicted molar refractivity (Wildman–Crippen MR) is 70.4 cm³/mol. The maximum atomic E-state index is 11.8. The summed E-state index contributed by atoms with van der Waals surface area (Å²) in [6, 6.07) is 7.60. The van der Waals surface area contributed by atoms with Gasteiger partial charge in [0, 0.05) is 19.2 Å². The van der Waals surface area contributed by atoms with Crippen molar-refractivity contribution >= 4 is 11.6 Å². The van der Waals surface area contributed by atoms with Gasteiger partial charge in [0.2, 0.25) is 5.91 Å². The van der Waals surface area contributed by atoms with Crippen LogP contribution >= 0.6 is 0 Å². The lowest BCUT2D eigenvalue weighted by atomic mass is 10.2. The second-order valence-corrected chi connectivity index (χ2v) is 4.09. The Morgan fingerprint density at radius 1 is 1.47 bits per heavy atom. The molecule has 0 aliphatic carbocycles. The lowest BCUT2D eigenvalue weighted by Crippen LogP contribution is -2.14. The number of carbonyl (C=O) groups is 1. The van der Waals surface area contributed by atoms with E-state index in [1.54, 1.807) is 18.1 Å². The minimum atomic E-state index is -0.0509. The summed E-state index contributed by atoms with van der Waals surface area (Å²) in [7, 11) is 1.64. The van der Waals surface area contributed by atoms with Gasteiger partial charge in [0.15, 0.2) is 0 Å². The third kappa shape index (κ3) is 4.18. The molecule has 0 saturated carbocycles. The number of aromatic nitrogens is 3. The van der Waals surface area contributed by atoms with E-state index in [0.29, 0.717) is 19.6 Å². The molecule has 19 heavy (non-hydrogen) atoms. The normalized spacial score (nSPS) is 10.4.